The normalized spacial score (nSPS) is 12.7. The van der Waals surface area contributed by atoms with Crippen molar-refractivity contribution in [2.24, 2.45) is 5.92 Å². The van der Waals surface area contributed by atoms with E-state index >= 15 is 0 Å². The maximum atomic E-state index is 13.4. The van der Waals surface area contributed by atoms with Gasteiger partial charge in [0.05, 0.1) is 0 Å². The summed E-state index contributed by atoms with van der Waals surface area (Å²) in [6.45, 7) is 3.57. The number of alkyl halides is 2. The van der Waals surface area contributed by atoms with Gasteiger partial charge < -0.3 is 9.47 Å². The Hall–Kier alpha value is -2.79. The number of methoxy groups -OCH3 is 1. The minimum atomic E-state index is -2.89. The fourth-order valence-corrected chi connectivity index (χ4v) is 3.35. The zero-order valence-electron chi connectivity index (χ0n) is 17.5. The molecule has 3 nitrogen and oxygen atoms in total. The topological polar surface area (TPSA) is 35.5 Å². The zero-order chi connectivity index (χ0) is 21.7. The number of hydrogen-bond donors (Lipinski definition) is 0. The highest BCUT2D eigenvalue weighted by Crippen LogP contribution is 2.33. The van der Waals surface area contributed by atoms with Gasteiger partial charge in [0.2, 0.25) is 0 Å². The number of rotatable bonds is 9. The van der Waals surface area contributed by atoms with Gasteiger partial charge in [-0.3, -0.25) is 4.79 Å². The van der Waals surface area contributed by atoms with Crippen molar-refractivity contribution in [2.75, 3.05) is 13.7 Å². The Morgan fingerprint density at radius 3 is 2.47 bits per heavy atom. The van der Waals surface area contributed by atoms with Crippen molar-refractivity contribution in [3.05, 3.63) is 71.8 Å². The Morgan fingerprint density at radius 1 is 1.07 bits per heavy atom. The number of benzene rings is 3. The molecule has 0 spiro atoms. The fraction of sp³-hybridized carbons (Fsp3) is 0.320. The summed E-state index contributed by atoms with van der Waals surface area (Å²) in [7, 11) is 1.66. The molecule has 0 bridgehead atoms. The second kappa shape index (κ2) is 9.35. The largest absolute Gasteiger partial charge is 0.457 e. The summed E-state index contributed by atoms with van der Waals surface area (Å²) in [6.07, 6.45) is 1.25. The Labute approximate surface area is 175 Å². The van der Waals surface area contributed by atoms with Crippen LogP contribution in [0.5, 0.6) is 11.5 Å². The predicted molar refractivity (Wildman–Crippen MR) is 115 cm³/mol. The standard InChI is InChI=1S/C25H26F2O3/c1-17(16-29-3)7-14-23(28)19-8-13-22-18(15-19)5-4-6-24(22)30-21-11-9-20(10-12-21)25(2,26)27/h4-6,8-13,15,17H,7,14,16H2,1-3H3/t17-/m0/s1. The number of ether oxygens (including phenoxy) is 2. The maximum Gasteiger partial charge on any atom is 0.270 e. The Morgan fingerprint density at radius 2 is 1.80 bits per heavy atom. The van der Waals surface area contributed by atoms with E-state index in [1.54, 1.807) is 13.2 Å². The van der Waals surface area contributed by atoms with Crippen molar-refractivity contribution in [3.63, 3.8) is 0 Å². The molecule has 0 radical (unpaired) electrons. The number of Topliss-reactive ketones (excluding diaryl/α,β-unsaturated/α-hetero) is 1. The minimum absolute atomic E-state index is 0.0595. The maximum absolute atomic E-state index is 13.4. The van der Waals surface area contributed by atoms with E-state index in [1.807, 2.05) is 30.3 Å². The van der Waals surface area contributed by atoms with Gasteiger partial charge in [-0.1, -0.05) is 25.1 Å². The molecule has 0 aliphatic carbocycles. The molecule has 0 heterocycles. The van der Waals surface area contributed by atoms with E-state index in [0.717, 1.165) is 24.1 Å². The molecular weight excluding hydrogens is 386 g/mol. The summed E-state index contributed by atoms with van der Waals surface area (Å²) in [6, 6.07) is 16.9. The van der Waals surface area contributed by atoms with Crippen LogP contribution in [0.2, 0.25) is 0 Å². The van der Waals surface area contributed by atoms with E-state index in [9.17, 15) is 13.6 Å². The van der Waals surface area contributed by atoms with E-state index in [-0.39, 0.29) is 11.3 Å². The predicted octanol–water partition coefficient (Wildman–Crippen LogP) is 6.99. The van der Waals surface area contributed by atoms with E-state index in [2.05, 4.69) is 6.92 Å². The first-order chi connectivity index (χ1) is 14.3. The summed E-state index contributed by atoms with van der Waals surface area (Å²) >= 11 is 0. The summed E-state index contributed by atoms with van der Waals surface area (Å²) in [5.41, 5.74) is 0.606. The summed E-state index contributed by atoms with van der Waals surface area (Å²) in [5, 5.41) is 1.74. The lowest BCUT2D eigenvalue weighted by Gasteiger charge is -2.13. The molecule has 0 aromatic heterocycles. The van der Waals surface area contributed by atoms with Gasteiger partial charge in [0.15, 0.2) is 5.78 Å². The number of carbonyl (C=O) groups is 1. The van der Waals surface area contributed by atoms with Crippen LogP contribution in [0.3, 0.4) is 0 Å². The van der Waals surface area contributed by atoms with Crippen molar-refractivity contribution >= 4 is 16.6 Å². The van der Waals surface area contributed by atoms with Gasteiger partial charge in [0.25, 0.3) is 5.92 Å². The minimum Gasteiger partial charge on any atom is -0.457 e. The van der Waals surface area contributed by atoms with Crippen molar-refractivity contribution in [1.82, 2.24) is 0 Å². The first kappa shape index (κ1) is 21.9. The van der Waals surface area contributed by atoms with Crippen molar-refractivity contribution in [3.8, 4) is 11.5 Å². The first-order valence-electron chi connectivity index (χ1n) is 9.99. The van der Waals surface area contributed by atoms with Gasteiger partial charge in [-0.25, -0.2) is 8.78 Å². The Balaban J connectivity index is 1.77. The molecule has 0 saturated heterocycles. The number of fused-ring (bicyclic) bond motifs is 1. The third-order valence-electron chi connectivity index (χ3n) is 5.07. The van der Waals surface area contributed by atoms with Gasteiger partial charge in [0.1, 0.15) is 11.5 Å². The monoisotopic (exact) mass is 412 g/mol. The molecule has 0 unspecified atom stereocenters. The lowest BCUT2D eigenvalue weighted by Crippen LogP contribution is -2.07. The molecule has 0 aliphatic rings. The molecule has 0 aliphatic heterocycles. The molecule has 3 aromatic rings. The van der Waals surface area contributed by atoms with Gasteiger partial charge in [-0.2, -0.15) is 0 Å². The van der Waals surface area contributed by atoms with E-state index < -0.39 is 5.92 Å². The summed E-state index contributed by atoms with van der Waals surface area (Å²) in [5.74, 6) is -1.37. The first-order valence-corrected chi connectivity index (χ1v) is 9.99. The number of halogens is 2. The molecule has 0 N–H and O–H groups in total. The van der Waals surface area contributed by atoms with Gasteiger partial charge in [-0.05, 0) is 60.2 Å². The highest BCUT2D eigenvalue weighted by molar-refractivity contribution is 6.01. The van der Waals surface area contributed by atoms with Gasteiger partial charge >= 0.3 is 0 Å². The highest BCUT2D eigenvalue weighted by atomic mass is 19.3. The summed E-state index contributed by atoms with van der Waals surface area (Å²) < 4.78 is 37.8. The molecule has 0 saturated carbocycles. The Kier molecular flexibility index (Phi) is 6.83. The second-order valence-electron chi connectivity index (χ2n) is 7.73. The van der Waals surface area contributed by atoms with Crippen LogP contribution in [0.1, 0.15) is 42.6 Å². The van der Waals surface area contributed by atoms with E-state index in [4.69, 9.17) is 9.47 Å². The molecule has 0 fully saturated rings. The number of ketones is 1. The van der Waals surface area contributed by atoms with Crippen molar-refractivity contribution in [1.29, 1.82) is 0 Å². The third-order valence-corrected chi connectivity index (χ3v) is 5.07. The van der Waals surface area contributed by atoms with Crippen LogP contribution in [-0.4, -0.2) is 19.5 Å². The average Bonchev–Trinajstić information content (AvgIpc) is 2.72. The molecule has 1 atom stereocenters. The van der Waals surface area contributed by atoms with E-state index in [0.29, 0.717) is 36.0 Å². The van der Waals surface area contributed by atoms with Crippen LogP contribution < -0.4 is 4.74 Å². The molecule has 30 heavy (non-hydrogen) atoms. The van der Waals surface area contributed by atoms with Crippen molar-refractivity contribution in [2.45, 2.75) is 32.6 Å². The van der Waals surface area contributed by atoms with Crippen LogP contribution >= 0.6 is 0 Å². The van der Waals surface area contributed by atoms with Crippen LogP contribution in [0.25, 0.3) is 10.8 Å². The highest BCUT2D eigenvalue weighted by Gasteiger charge is 2.23. The Bertz CT molecular complexity index is 1010. The fourth-order valence-electron chi connectivity index (χ4n) is 3.35. The van der Waals surface area contributed by atoms with Crippen LogP contribution in [-0.2, 0) is 10.7 Å². The van der Waals surface area contributed by atoms with Gasteiger partial charge in [0, 0.05) is 43.6 Å². The average molecular weight is 412 g/mol. The summed E-state index contributed by atoms with van der Waals surface area (Å²) in [4.78, 5) is 12.6. The number of hydrogen-bond acceptors (Lipinski definition) is 3. The SMILES string of the molecule is COC[C@@H](C)CCC(=O)c1ccc2c(Oc3ccc(C(C)(F)F)cc3)cccc2c1. The van der Waals surface area contributed by atoms with E-state index in [1.165, 1.54) is 24.3 Å². The van der Waals surface area contributed by atoms with Crippen LogP contribution in [0.4, 0.5) is 8.78 Å². The molecular formula is C25H26F2O3. The molecule has 158 valence electrons. The van der Waals surface area contributed by atoms with Crippen LogP contribution in [0.15, 0.2) is 60.7 Å². The lowest BCUT2D eigenvalue weighted by atomic mass is 9.98. The van der Waals surface area contributed by atoms with Crippen molar-refractivity contribution < 1.29 is 23.0 Å². The quantitative estimate of drug-likeness (QED) is 0.355. The third kappa shape index (κ3) is 5.42. The molecule has 3 aromatic carbocycles. The molecule has 5 heteroatoms. The van der Waals surface area contributed by atoms with Gasteiger partial charge in [-0.15, -0.1) is 0 Å². The zero-order valence-corrected chi connectivity index (χ0v) is 17.5. The molecule has 0 amide bonds. The van der Waals surface area contributed by atoms with Crippen LogP contribution in [0, 0.1) is 5.92 Å². The lowest BCUT2D eigenvalue weighted by molar-refractivity contribution is 0.0174. The number of carbonyl (C=O) groups excluding carboxylic acids is 1. The second-order valence-corrected chi connectivity index (χ2v) is 7.73. The molecule has 3 rings (SSSR count). The smallest absolute Gasteiger partial charge is 0.270 e.